The molecule has 0 unspecified atom stereocenters. The lowest BCUT2D eigenvalue weighted by Gasteiger charge is -2.07. The van der Waals surface area contributed by atoms with E-state index < -0.39 is 0 Å². The van der Waals surface area contributed by atoms with Crippen molar-refractivity contribution < 1.29 is 0 Å². The molecule has 0 rings (SSSR count). The van der Waals surface area contributed by atoms with Crippen LogP contribution < -0.4 is 21.7 Å². The van der Waals surface area contributed by atoms with Gasteiger partial charge in [-0.3, -0.25) is 0 Å². The summed E-state index contributed by atoms with van der Waals surface area (Å²) in [5.41, 5.74) is 5.45. The molecule has 0 aliphatic heterocycles. The zero-order valence-electron chi connectivity index (χ0n) is 15.8. The molecule has 0 radical (unpaired) electrons. The maximum Gasteiger partial charge on any atom is -0.00368 e. The van der Waals surface area contributed by atoms with Crippen molar-refractivity contribution >= 4 is 0 Å². The van der Waals surface area contributed by atoms with E-state index in [-0.39, 0.29) is 0 Å². The predicted molar refractivity (Wildman–Crippen MR) is 104 cm³/mol. The van der Waals surface area contributed by atoms with Gasteiger partial charge in [-0.1, -0.05) is 51.9 Å². The highest BCUT2D eigenvalue weighted by molar-refractivity contribution is 4.55. The zero-order valence-corrected chi connectivity index (χ0v) is 15.8. The van der Waals surface area contributed by atoms with E-state index in [0.717, 1.165) is 45.7 Å². The van der Waals surface area contributed by atoms with Crippen molar-refractivity contribution in [3.05, 3.63) is 0 Å². The molecular formula is C19H44N4. The summed E-state index contributed by atoms with van der Waals surface area (Å²) in [7, 11) is 0. The van der Waals surface area contributed by atoms with Crippen LogP contribution in [0, 0.1) is 0 Å². The number of hydrogen-bond acceptors (Lipinski definition) is 4. The van der Waals surface area contributed by atoms with Gasteiger partial charge in [0.05, 0.1) is 0 Å². The molecule has 0 bridgehead atoms. The molecule has 5 N–H and O–H groups in total. The van der Waals surface area contributed by atoms with Gasteiger partial charge < -0.3 is 21.7 Å². The summed E-state index contributed by atoms with van der Waals surface area (Å²) in [5, 5.41) is 10.5. The van der Waals surface area contributed by atoms with Gasteiger partial charge in [-0.15, -0.1) is 0 Å². The zero-order chi connectivity index (χ0) is 16.8. The molecule has 0 spiro atoms. The molecule has 0 fully saturated rings. The minimum atomic E-state index is 0.789. The van der Waals surface area contributed by atoms with Crippen LogP contribution in [0.25, 0.3) is 0 Å². The van der Waals surface area contributed by atoms with Gasteiger partial charge in [-0.25, -0.2) is 0 Å². The normalized spacial score (nSPS) is 11.2. The first kappa shape index (κ1) is 22.8. The number of unbranched alkanes of at least 4 members (excludes halogenated alkanes) is 7. The largest absolute Gasteiger partial charge is 0.330 e. The Morgan fingerprint density at radius 3 is 1.35 bits per heavy atom. The highest BCUT2D eigenvalue weighted by Crippen LogP contribution is 2.07. The fraction of sp³-hybridized carbons (Fsp3) is 1.00. The Bertz CT molecular complexity index is 180. The molecule has 0 saturated heterocycles. The lowest BCUT2D eigenvalue weighted by atomic mass is 10.1. The van der Waals surface area contributed by atoms with E-state index in [1.54, 1.807) is 0 Å². The third-order valence-electron chi connectivity index (χ3n) is 4.18. The second-order valence-corrected chi connectivity index (χ2v) is 6.57. The van der Waals surface area contributed by atoms with Crippen molar-refractivity contribution in [2.45, 2.75) is 77.6 Å². The van der Waals surface area contributed by atoms with Crippen LogP contribution in [0.5, 0.6) is 0 Å². The van der Waals surface area contributed by atoms with Gasteiger partial charge in [0.25, 0.3) is 0 Å². The molecule has 23 heavy (non-hydrogen) atoms. The Morgan fingerprint density at radius 1 is 0.478 bits per heavy atom. The standard InChI is InChI=1S/C19H44N4/c1-2-3-4-5-6-7-8-9-14-21-16-11-18-23-19-12-17-22-15-10-13-20/h21-23H,2-20H2,1H3. The Balaban J connectivity index is 2.92. The first-order valence-electron chi connectivity index (χ1n) is 10.2. The van der Waals surface area contributed by atoms with E-state index in [1.807, 2.05) is 0 Å². The first-order valence-corrected chi connectivity index (χ1v) is 10.2. The van der Waals surface area contributed by atoms with Crippen LogP contribution in [-0.2, 0) is 0 Å². The van der Waals surface area contributed by atoms with E-state index >= 15 is 0 Å². The predicted octanol–water partition coefficient (Wildman–Crippen LogP) is 3.02. The summed E-state index contributed by atoms with van der Waals surface area (Å²) in [6, 6.07) is 0. The molecule has 140 valence electrons. The minimum absolute atomic E-state index is 0.789. The summed E-state index contributed by atoms with van der Waals surface area (Å²) in [6.45, 7) is 9.82. The molecule has 4 nitrogen and oxygen atoms in total. The number of rotatable bonds is 20. The number of nitrogens with one attached hydrogen (secondary N) is 3. The quantitative estimate of drug-likeness (QED) is 0.259. The lowest BCUT2D eigenvalue weighted by Crippen LogP contribution is -2.26. The van der Waals surface area contributed by atoms with E-state index in [4.69, 9.17) is 5.73 Å². The summed E-state index contributed by atoms with van der Waals surface area (Å²) in [4.78, 5) is 0. The lowest BCUT2D eigenvalue weighted by molar-refractivity contribution is 0.537. The fourth-order valence-electron chi connectivity index (χ4n) is 2.66. The minimum Gasteiger partial charge on any atom is -0.330 e. The molecule has 0 aliphatic rings. The van der Waals surface area contributed by atoms with E-state index in [1.165, 1.54) is 70.8 Å². The Labute approximate surface area is 145 Å². The smallest absolute Gasteiger partial charge is 0.00368 e. The molecule has 0 heterocycles. The summed E-state index contributed by atoms with van der Waals surface area (Å²) >= 11 is 0. The molecule has 0 atom stereocenters. The molecule has 0 aliphatic carbocycles. The van der Waals surface area contributed by atoms with Gasteiger partial charge in [-0.05, 0) is 71.5 Å². The van der Waals surface area contributed by atoms with Gasteiger partial charge in [0, 0.05) is 0 Å². The van der Waals surface area contributed by atoms with Crippen LogP contribution in [0.2, 0.25) is 0 Å². The summed E-state index contributed by atoms with van der Waals surface area (Å²) in [6.07, 6.45) is 14.8. The summed E-state index contributed by atoms with van der Waals surface area (Å²) < 4.78 is 0. The summed E-state index contributed by atoms with van der Waals surface area (Å²) in [5.74, 6) is 0. The Hall–Kier alpha value is -0.160. The van der Waals surface area contributed by atoms with Gasteiger partial charge >= 0.3 is 0 Å². The molecule has 0 aromatic heterocycles. The van der Waals surface area contributed by atoms with Crippen LogP contribution >= 0.6 is 0 Å². The molecule has 0 aromatic carbocycles. The van der Waals surface area contributed by atoms with E-state index in [2.05, 4.69) is 22.9 Å². The third kappa shape index (κ3) is 21.8. The highest BCUT2D eigenvalue weighted by Gasteiger charge is 1.93. The van der Waals surface area contributed by atoms with Crippen molar-refractivity contribution in [2.24, 2.45) is 5.73 Å². The van der Waals surface area contributed by atoms with Gasteiger partial charge in [-0.2, -0.15) is 0 Å². The van der Waals surface area contributed by atoms with Gasteiger partial charge in [0.1, 0.15) is 0 Å². The van der Waals surface area contributed by atoms with Gasteiger partial charge in [0.2, 0.25) is 0 Å². The highest BCUT2D eigenvalue weighted by atomic mass is 14.9. The first-order chi connectivity index (χ1) is 11.4. The van der Waals surface area contributed by atoms with Crippen molar-refractivity contribution in [1.82, 2.24) is 16.0 Å². The number of nitrogens with two attached hydrogens (primary N) is 1. The average Bonchev–Trinajstić information content (AvgIpc) is 2.57. The Kier molecular flexibility index (Phi) is 21.7. The molecule has 0 amide bonds. The van der Waals surface area contributed by atoms with Crippen LogP contribution in [0.4, 0.5) is 0 Å². The van der Waals surface area contributed by atoms with Crippen LogP contribution in [0.15, 0.2) is 0 Å². The fourth-order valence-corrected chi connectivity index (χ4v) is 2.66. The van der Waals surface area contributed by atoms with Crippen LogP contribution in [-0.4, -0.2) is 45.8 Å². The van der Waals surface area contributed by atoms with E-state index in [0.29, 0.717) is 0 Å². The van der Waals surface area contributed by atoms with Crippen molar-refractivity contribution in [3.8, 4) is 0 Å². The molecule has 0 saturated carbocycles. The van der Waals surface area contributed by atoms with Crippen molar-refractivity contribution in [1.29, 1.82) is 0 Å². The maximum absolute atomic E-state index is 5.45. The second-order valence-electron chi connectivity index (χ2n) is 6.57. The monoisotopic (exact) mass is 328 g/mol. The maximum atomic E-state index is 5.45. The second kappa shape index (κ2) is 21.8. The van der Waals surface area contributed by atoms with Gasteiger partial charge in [0.15, 0.2) is 0 Å². The van der Waals surface area contributed by atoms with Crippen LogP contribution in [0.1, 0.15) is 77.6 Å². The molecular weight excluding hydrogens is 284 g/mol. The topological polar surface area (TPSA) is 62.1 Å². The number of hydrogen-bond donors (Lipinski definition) is 4. The van der Waals surface area contributed by atoms with E-state index in [9.17, 15) is 0 Å². The SMILES string of the molecule is CCCCCCCCCCNCCCNCCCNCCCN. The third-order valence-corrected chi connectivity index (χ3v) is 4.18. The Morgan fingerprint density at radius 2 is 0.870 bits per heavy atom. The molecule has 4 heteroatoms. The van der Waals surface area contributed by atoms with Crippen molar-refractivity contribution in [2.75, 3.05) is 45.8 Å². The average molecular weight is 329 g/mol. The van der Waals surface area contributed by atoms with Crippen molar-refractivity contribution in [3.63, 3.8) is 0 Å². The molecule has 0 aromatic rings. The van der Waals surface area contributed by atoms with Crippen LogP contribution in [0.3, 0.4) is 0 Å².